The molecule has 0 spiro atoms. The second-order valence-corrected chi connectivity index (χ2v) is 3.07. The first-order valence-corrected chi connectivity index (χ1v) is 5.33. The molecule has 0 radical (unpaired) electrons. The van der Waals surface area contributed by atoms with E-state index in [-0.39, 0.29) is 0 Å². The lowest BCUT2D eigenvalue weighted by Gasteiger charge is -2.08. The highest BCUT2D eigenvalue weighted by Gasteiger charge is 2.04. The van der Waals surface area contributed by atoms with E-state index in [0.717, 1.165) is 19.5 Å². The Kier molecular flexibility index (Phi) is 5.27. The van der Waals surface area contributed by atoms with Gasteiger partial charge in [-0.05, 0) is 13.3 Å². The second kappa shape index (κ2) is 6.78. The Morgan fingerprint density at radius 2 is 1.62 bits per heavy atom. The van der Waals surface area contributed by atoms with E-state index in [4.69, 9.17) is 4.84 Å². The van der Waals surface area contributed by atoms with E-state index in [1.807, 2.05) is 6.92 Å². The van der Waals surface area contributed by atoms with Crippen LogP contribution >= 0.6 is 0 Å². The summed E-state index contributed by atoms with van der Waals surface area (Å²) in [5.41, 5.74) is 2.58. The smallest absolute Gasteiger partial charge is 0.253 e. The van der Waals surface area contributed by atoms with Crippen molar-refractivity contribution in [3.8, 4) is 0 Å². The first-order valence-electron chi connectivity index (χ1n) is 5.33. The topological polar surface area (TPSA) is 84.0 Å². The molecule has 0 unspecified atom stereocenters. The quantitative estimate of drug-likeness (QED) is 0.600. The number of anilines is 3. The molecule has 1 rings (SSSR count). The Labute approximate surface area is 95.0 Å². The van der Waals surface area contributed by atoms with E-state index in [1.165, 1.54) is 7.11 Å². The van der Waals surface area contributed by atoms with Gasteiger partial charge in [-0.2, -0.15) is 15.0 Å². The summed E-state index contributed by atoms with van der Waals surface area (Å²) in [5, 5.41) is 6.12. The molecule has 0 amide bonds. The van der Waals surface area contributed by atoms with Crippen LogP contribution in [0, 0.1) is 0 Å². The van der Waals surface area contributed by atoms with E-state index >= 15 is 0 Å². The minimum absolute atomic E-state index is 0.382. The van der Waals surface area contributed by atoms with Gasteiger partial charge in [0, 0.05) is 13.1 Å². The highest BCUT2D eigenvalue weighted by Crippen LogP contribution is 2.08. The number of hydrogen-bond acceptors (Lipinski definition) is 7. The van der Waals surface area contributed by atoms with Crippen LogP contribution < -0.4 is 16.1 Å². The number of rotatable bonds is 7. The molecule has 0 fully saturated rings. The van der Waals surface area contributed by atoms with Crippen LogP contribution in [0.25, 0.3) is 0 Å². The van der Waals surface area contributed by atoms with Crippen LogP contribution in [-0.2, 0) is 4.84 Å². The van der Waals surface area contributed by atoms with Crippen molar-refractivity contribution in [3.05, 3.63) is 0 Å². The predicted molar refractivity (Wildman–Crippen MR) is 63.4 cm³/mol. The van der Waals surface area contributed by atoms with Crippen molar-refractivity contribution < 1.29 is 4.84 Å². The minimum atomic E-state index is 0.382. The lowest BCUT2D eigenvalue weighted by Crippen LogP contribution is -2.12. The molecule has 7 heteroatoms. The van der Waals surface area contributed by atoms with Gasteiger partial charge < -0.3 is 10.6 Å². The normalized spacial score (nSPS) is 9.94. The van der Waals surface area contributed by atoms with E-state index in [9.17, 15) is 0 Å². The molecule has 0 aliphatic carbocycles. The third kappa shape index (κ3) is 3.85. The summed E-state index contributed by atoms with van der Waals surface area (Å²) in [5.74, 6) is 1.44. The second-order valence-electron chi connectivity index (χ2n) is 3.07. The van der Waals surface area contributed by atoms with Crippen LogP contribution in [0.15, 0.2) is 0 Å². The van der Waals surface area contributed by atoms with Crippen molar-refractivity contribution in [1.29, 1.82) is 0 Å². The molecular weight excluding hydrogens is 208 g/mol. The van der Waals surface area contributed by atoms with Gasteiger partial charge in [0.15, 0.2) is 0 Å². The number of nitrogens with zero attached hydrogens (tertiary/aromatic N) is 3. The maximum Gasteiger partial charge on any atom is 0.253 e. The van der Waals surface area contributed by atoms with Crippen LogP contribution in [0.3, 0.4) is 0 Å². The molecule has 0 aliphatic heterocycles. The van der Waals surface area contributed by atoms with Gasteiger partial charge in [0.25, 0.3) is 5.95 Å². The summed E-state index contributed by atoms with van der Waals surface area (Å²) in [4.78, 5) is 17.2. The Balaban J connectivity index is 2.80. The van der Waals surface area contributed by atoms with Crippen molar-refractivity contribution in [3.63, 3.8) is 0 Å². The zero-order valence-electron chi connectivity index (χ0n) is 9.87. The van der Waals surface area contributed by atoms with Gasteiger partial charge >= 0.3 is 0 Å². The molecule has 1 aromatic rings. The third-order valence-electron chi connectivity index (χ3n) is 1.70. The standard InChI is InChI=1S/C9H18N6O/c1-4-6-11-8-12-7(10-5-2)13-9(14-8)15-16-3/h4-6H2,1-3H3,(H3,10,11,12,13,14,15). The first kappa shape index (κ1) is 12.4. The van der Waals surface area contributed by atoms with Crippen LogP contribution in [0.4, 0.5) is 17.8 Å². The number of aromatic nitrogens is 3. The van der Waals surface area contributed by atoms with Crippen molar-refractivity contribution in [2.75, 3.05) is 36.3 Å². The Morgan fingerprint density at radius 3 is 2.19 bits per heavy atom. The van der Waals surface area contributed by atoms with Crippen molar-refractivity contribution >= 4 is 17.8 Å². The fraction of sp³-hybridized carbons (Fsp3) is 0.667. The van der Waals surface area contributed by atoms with Gasteiger partial charge in [-0.15, -0.1) is 0 Å². The summed E-state index contributed by atoms with van der Waals surface area (Å²) in [7, 11) is 1.51. The lowest BCUT2D eigenvalue weighted by atomic mass is 10.5. The molecule has 90 valence electrons. The maximum atomic E-state index is 4.76. The van der Waals surface area contributed by atoms with E-state index < -0.39 is 0 Å². The van der Waals surface area contributed by atoms with Crippen LogP contribution in [0.2, 0.25) is 0 Å². The molecule has 16 heavy (non-hydrogen) atoms. The summed E-state index contributed by atoms with van der Waals surface area (Å²) < 4.78 is 0. The summed E-state index contributed by atoms with van der Waals surface area (Å²) in [6.07, 6.45) is 1.01. The average molecular weight is 226 g/mol. The largest absolute Gasteiger partial charge is 0.354 e. The molecule has 0 saturated carbocycles. The summed E-state index contributed by atoms with van der Waals surface area (Å²) in [6, 6.07) is 0. The molecule has 0 saturated heterocycles. The van der Waals surface area contributed by atoms with E-state index in [1.54, 1.807) is 0 Å². The first-order chi connectivity index (χ1) is 7.80. The predicted octanol–water partition coefficient (Wildman–Crippen LogP) is 1.10. The molecule has 0 atom stereocenters. The summed E-state index contributed by atoms with van der Waals surface area (Å²) in [6.45, 7) is 5.63. The van der Waals surface area contributed by atoms with Crippen molar-refractivity contribution in [1.82, 2.24) is 15.0 Å². The van der Waals surface area contributed by atoms with E-state index in [0.29, 0.717) is 17.8 Å². The highest BCUT2D eigenvalue weighted by molar-refractivity contribution is 5.40. The van der Waals surface area contributed by atoms with Gasteiger partial charge in [-0.1, -0.05) is 6.92 Å². The van der Waals surface area contributed by atoms with Crippen LogP contribution in [0.5, 0.6) is 0 Å². The molecule has 1 heterocycles. The van der Waals surface area contributed by atoms with Crippen LogP contribution in [0.1, 0.15) is 20.3 Å². The number of nitrogens with one attached hydrogen (secondary N) is 3. The van der Waals surface area contributed by atoms with Gasteiger partial charge in [-0.25, -0.2) is 5.48 Å². The highest BCUT2D eigenvalue weighted by atomic mass is 16.6. The lowest BCUT2D eigenvalue weighted by molar-refractivity contribution is 0.267. The fourth-order valence-electron chi connectivity index (χ4n) is 1.07. The van der Waals surface area contributed by atoms with Gasteiger partial charge in [-0.3, -0.25) is 4.84 Å². The Hall–Kier alpha value is -1.63. The minimum Gasteiger partial charge on any atom is -0.354 e. The molecular formula is C9H18N6O. The fourth-order valence-corrected chi connectivity index (χ4v) is 1.07. The van der Waals surface area contributed by atoms with Gasteiger partial charge in [0.05, 0.1) is 7.11 Å². The SMILES string of the molecule is CCCNc1nc(NCC)nc(NOC)n1. The zero-order valence-corrected chi connectivity index (χ0v) is 9.87. The van der Waals surface area contributed by atoms with Crippen LogP contribution in [-0.4, -0.2) is 35.2 Å². The molecule has 0 bridgehead atoms. The van der Waals surface area contributed by atoms with E-state index in [2.05, 4.69) is 38.0 Å². The third-order valence-corrected chi connectivity index (χ3v) is 1.70. The summed E-state index contributed by atoms with van der Waals surface area (Å²) >= 11 is 0. The zero-order chi connectivity index (χ0) is 11.8. The maximum absolute atomic E-state index is 4.76. The monoisotopic (exact) mass is 226 g/mol. The number of hydrogen-bond donors (Lipinski definition) is 3. The average Bonchev–Trinajstić information content (AvgIpc) is 2.27. The molecule has 7 nitrogen and oxygen atoms in total. The molecule has 0 aliphatic rings. The molecule has 1 aromatic heterocycles. The van der Waals surface area contributed by atoms with Crippen molar-refractivity contribution in [2.45, 2.75) is 20.3 Å². The Morgan fingerprint density at radius 1 is 1.00 bits per heavy atom. The Bertz CT molecular complexity index is 295. The van der Waals surface area contributed by atoms with Gasteiger partial charge in [0.1, 0.15) is 0 Å². The molecule has 0 aromatic carbocycles. The van der Waals surface area contributed by atoms with Crippen molar-refractivity contribution in [2.24, 2.45) is 0 Å². The van der Waals surface area contributed by atoms with Gasteiger partial charge in [0.2, 0.25) is 11.9 Å². The molecule has 3 N–H and O–H groups in total.